The number of ketones is 1. The molecule has 0 bridgehead atoms. The van der Waals surface area contributed by atoms with E-state index in [1.54, 1.807) is 17.0 Å². The summed E-state index contributed by atoms with van der Waals surface area (Å²) >= 11 is 0. The summed E-state index contributed by atoms with van der Waals surface area (Å²) in [7, 11) is 0. The number of aromatic nitrogens is 2. The third kappa shape index (κ3) is 2.39. The van der Waals surface area contributed by atoms with Crippen molar-refractivity contribution in [1.82, 2.24) is 9.55 Å². The van der Waals surface area contributed by atoms with Crippen molar-refractivity contribution in [2.24, 2.45) is 0 Å². The van der Waals surface area contributed by atoms with E-state index in [-0.39, 0.29) is 12.4 Å². The molecule has 0 aliphatic heterocycles. The van der Waals surface area contributed by atoms with Gasteiger partial charge in [0, 0.05) is 25.5 Å². The average Bonchev–Trinajstić information content (AvgIpc) is 2.61. The number of ether oxygens (including phenoxy) is 1. The fourth-order valence-electron chi connectivity index (χ4n) is 1.08. The Morgan fingerprint density at radius 1 is 1.62 bits per heavy atom. The van der Waals surface area contributed by atoms with Crippen LogP contribution in [0, 0.1) is 0 Å². The Morgan fingerprint density at radius 3 is 3.00 bits per heavy atom. The van der Waals surface area contributed by atoms with Crippen LogP contribution in [0.5, 0.6) is 0 Å². The normalized spacial score (nSPS) is 10.3. The first-order chi connectivity index (χ1) is 6.29. The maximum absolute atomic E-state index is 11.4. The lowest BCUT2D eigenvalue weighted by molar-refractivity contribution is 0.0769. The van der Waals surface area contributed by atoms with Crippen molar-refractivity contribution in [1.29, 1.82) is 0 Å². The van der Waals surface area contributed by atoms with E-state index in [1.165, 1.54) is 0 Å². The zero-order valence-electron chi connectivity index (χ0n) is 7.99. The molecule has 0 saturated carbocycles. The van der Waals surface area contributed by atoms with Crippen LogP contribution < -0.4 is 0 Å². The maximum atomic E-state index is 11.4. The second-order valence-corrected chi connectivity index (χ2v) is 2.60. The smallest absolute Gasteiger partial charge is 0.223 e. The number of carbonyl (C=O) groups is 1. The molecule has 0 saturated heterocycles. The first-order valence-electron chi connectivity index (χ1n) is 4.41. The SMILES string of the molecule is CCOCC(=O)c1nccn1CC. The lowest BCUT2D eigenvalue weighted by Crippen LogP contribution is -2.15. The van der Waals surface area contributed by atoms with Crippen molar-refractivity contribution < 1.29 is 9.53 Å². The molecule has 4 nitrogen and oxygen atoms in total. The Kier molecular flexibility index (Phi) is 3.64. The second-order valence-electron chi connectivity index (χ2n) is 2.60. The fourth-order valence-corrected chi connectivity index (χ4v) is 1.08. The van der Waals surface area contributed by atoms with Crippen molar-refractivity contribution in [3.05, 3.63) is 18.2 Å². The minimum absolute atomic E-state index is 0.0614. The predicted molar refractivity (Wildman–Crippen MR) is 48.7 cm³/mol. The van der Waals surface area contributed by atoms with E-state index in [0.717, 1.165) is 6.54 Å². The van der Waals surface area contributed by atoms with Crippen LogP contribution in [0.1, 0.15) is 24.5 Å². The zero-order chi connectivity index (χ0) is 9.68. The van der Waals surface area contributed by atoms with Crippen molar-refractivity contribution in [3.8, 4) is 0 Å². The Morgan fingerprint density at radius 2 is 2.38 bits per heavy atom. The molecule has 0 fully saturated rings. The highest BCUT2D eigenvalue weighted by molar-refractivity contribution is 5.93. The van der Waals surface area contributed by atoms with Crippen LogP contribution in [0.15, 0.2) is 12.4 Å². The third-order valence-corrected chi connectivity index (χ3v) is 1.74. The van der Waals surface area contributed by atoms with Crippen molar-refractivity contribution >= 4 is 5.78 Å². The van der Waals surface area contributed by atoms with E-state index < -0.39 is 0 Å². The monoisotopic (exact) mass is 182 g/mol. The van der Waals surface area contributed by atoms with E-state index >= 15 is 0 Å². The van der Waals surface area contributed by atoms with Gasteiger partial charge in [0.05, 0.1) is 0 Å². The van der Waals surface area contributed by atoms with Gasteiger partial charge in [-0.25, -0.2) is 4.98 Å². The summed E-state index contributed by atoms with van der Waals surface area (Å²) < 4.78 is 6.82. The van der Waals surface area contributed by atoms with E-state index in [2.05, 4.69) is 4.98 Å². The van der Waals surface area contributed by atoms with E-state index in [9.17, 15) is 4.79 Å². The van der Waals surface area contributed by atoms with Crippen LogP contribution in [0.3, 0.4) is 0 Å². The largest absolute Gasteiger partial charge is 0.373 e. The minimum Gasteiger partial charge on any atom is -0.373 e. The average molecular weight is 182 g/mol. The van der Waals surface area contributed by atoms with Crippen molar-refractivity contribution in [2.75, 3.05) is 13.2 Å². The molecular formula is C9H14N2O2. The number of Topliss-reactive ketones (excluding diaryl/α,β-unsaturated/α-hetero) is 1. The highest BCUT2D eigenvalue weighted by Crippen LogP contribution is 1.99. The topological polar surface area (TPSA) is 44.1 Å². The first-order valence-corrected chi connectivity index (χ1v) is 4.41. The Bertz CT molecular complexity index is 281. The number of rotatable bonds is 5. The lowest BCUT2D eigenvalue weighted by Gasteiger charge is -2.03. The van der Waals surface area contributed by atoms with Gasteiger partial charge in [0.15, 0.2) is 5.82 Å². The molecule has 1 rings (SSSR count). The van der Waals surface area contributed by atoms with Crippen LogP contribution >= 0.6 is 0 Å². The van der Waals surface area contributed by atoms with Crippen LogP contribution in [0.4, 0.5) is 0 Å². The molecule has 0 amide bonds. The summed E-state index contributed by atoms with van der Waals surface area (Å²) in [6.07, 6.45) is 3.42. The van der Waals surface area contributed by atoms with Gasteiger partial charge < -0.3 is 9.30 Å². The molecule has 0 aliphatic rings. The minimum atomic E-state index is -0.0614. The maximum Gasteiger partial charge on any atom is 0.223 e. The highest BCUT2D eigenvalue weighted by Gasteiger charge is 2.10. The molecule has 1 heterocycles. The summed E-state index contributed by atoms with van der Waals surface area (Å²) in [5, 5.41) is 0. The third-order valence-electron chi connectivity index (χ3n) is 1.74. The lowest BCUT2D eigenvalue weighted by atomic mass is 10.4. The molecule has 0 radical (unpaired) electrons. The van der Waals surface area contributed by atoms with E-state index in [4.69, 9.17) is 4.74 Å². The molecular weight excluding hydrogens is 168 g/mol. The Hall–Kier alpha value is -1.16. The van der Waals surface area contributed by atoms with Crippen molar-refractivity contribution in [2.45, 2.75) is 20.4 Å². The summed E-state index contributed by atoms with van der Waals surface area (Å²) in [4.78, 5) is 15.4. The molecule has 1 aromatic heterocycles. The summed E-state index contributed by atoms with van der Waals surface area (Å²) in [6.45, 7) is 5.26. The number of nitrogens with zero attached hydrogens (tertiary/aromatic N) is 2. The molecule has 0 N–H and O–H groups in total. The predicted octanol–water partition coefficient (Wildman–Crippen LogP) is 1.12. The molecule has 0 atom stereocenters. The van der Waals surface area contributed by atoms with Crippen LogP contribution in [0.25, 0.3) is 0 Å². The number of aryl methyl sites for hydroxylation is 1. The number of imidazole rings is 1. The van der Waals surface area contributed by atoms with Crippen LogP contribution in [-0.4, -0.2) is 28.5 Å². The highest BCUT2D eigenvalue weighted by atomic mass is 16.5. The van der Waals surface area contributed by atoms with Crippen molar-refractivity contribution in [3.63, 3.8) is 0 Å². The summed E-state index contributed by atoms with van der Waals surface area (Å²) in [5.74, 6) is 0.421. The van der Waals surface area contributed by atoms with Gasteiger partial charge in [-0.15, -0.1) is 0 Å². The molecule has 13 heavy (non-hydrogen) atoms. The van der Waals surface area contributed by atoms with Gasteiger partial charge in [-0.3, -0.25) is 4.79 Å². The van der Waals surface area contributed by atoms with Gasteiger partial charge in [0.2, 0.25) is 5.78 Å². The van der Waals surface area contributed by atoms with E-state index in [1.807, 2.05) is 13.8 Å². The fraction of sp³-hybridized carbons (Fsp3) is 0.556. The van der Waals surface area contributed by atoms with Gasteiger partial charge in [-0.05, 0) is 13.8 Å². The number of hydrogen-bond acceptors (Lipinski definition) is 3. The number of hydrogen-bond donors (Lipinski definition) is 0. The van der Waals surface area contributed by atoms with Crippen LogP contribution in [0.2, 0.25) is 0 Å². The molecule has 1 aromatic rings. The molecule has 0 aliphatic carbocycles. The van der Waals surface area contributed by atoms with Crippen LogP contribution in [-0.2, 0) is 11.3 Å². The standard InChI is InChI=1S/C9H14N2O2/c1-3-11-6-5-10-9(11)8(12)7-13-4-2/h5-6H,3-4,7H2,1-2H3. The molecule has 0 aromatic carbocycles. The van der Waals surface area contributed by atoms with Gasteiger partial charge in [-0.2, -0.15) is 0 Å². The Balaban J connectivity index is 2.65. The quantitative estimate of drug-likeness (QED) is 0.641. The molecule has 4 heteroatoms. The van der Waals surface area contributed by atoms with Gasteiger partial charge in [0.1, 0.15) is 6.61 Å². The second kappa shape index (κ2) is 4.77. The summed E-state index contributed by atoms with van der Waals surface area (Å²) in [6, 6.07) is 0. The number of carbonyl (C=O) groups excluding carboxylic acids is 1. The van der Waals surface area contributed by atoms with Gasteiger partial charge in [-0.1, -0.05) is 0 Å². The molecule has 0 spiro atoms. The Labute approximate surface area is 77.5 Å². The van der Waals surface area contributed by atoms with Gasteiger partial charge >= 0.3 is 0 Å². The zero-order valence-corrected chi connectivity index (χ0v) is 7.99. The molecule has 72 valence electrons. The first kappa shape index (κ1) is 9.92. The van der Waals surface area contributed by atoms with E-state index in [0.29, 0.717) is 12.4 Å². The molecule has 0 unspecified atom stereocenters. The summed E-state index contributed by atoms with van der Waals surface area (Å²) in [5.41, 5.74) is 0. The van der Waals surface area contributed by atoms with Gasteiger partial charge in [0.25, 0.3) is 0 Å².